The van der Waals surface area contributed by atoms with E-state index >= 15 is 0 Å². The van der Waals surface area contributed by atoms with Crippen molar-refractivity contribution in [2.45, 2.75) is 24.5 Å². The van der Waals surface area contributed by atoms with Crippen molar-refractivity contribution in [3.8, 4) is 0 Å². The van der Waals surface area contributed by atoms with Crippen molar-refractivity contribution in [1.29, 1.82) is 0 Å². The van der Waals surface area contributed by atoms with Gasteiger partial charge in [0.15, 0.2) is 0 Å². The lowest BCUT2D eigenvalue weighted by Gasteiger charge is -2.09. The normalized spacial score (nSPS) is 12.1. The molecule has 0 atom stereocenters. The lowest BCUT2D eigenvalue weighted by Crippen LogP contribution is -2.14. The van der Waals surface area contributed by atoms with Gasteiger partial charge in [-0.3, -0.25) is 9.40 Å². The average molecular weight is 395 g/mol. The molecule has 1 N–H and O–H groups in total. The zero-order valence-corrected chi connectivity index (χ0v) is 15.1. The minimum Gasteiger partial charge on any atom is -0.280 e. The summed E-state index contributed by atoms with van der Waals surface area (Å²) in [5.41, 5.74) is 0.445. The van der Waals surface area contributed by atoms with Gasteiger partial charge >= 0.3 is 6.18 Å². The average Bonchev–Trinajstić information content (AvgIpc) is 2.96. The standard InChI is InChI=1S/C18H16F3N3O2S/c1-13-17(12-24(22-13)11-14-5-3-2-4-6-14)27(25,26)23-16-9-7-15(8-10-16)18(19,20)21/h2-10,12,23H,11H2,1H3. The molecule has 0 bridgehead atoms. The van der Waals surface area contributed by atoms with Gasteiger partial charge in [-0.25, -0.2) is 8.42 Å². The van der Waals surface area contributed by atoms with Gasteiger partial charge in [0, 0.05) is 11.9 Å². The fourth-order valence-electron chi connectivity index (χ4n) is 2.55. The summed E-state index contributed by atoms with van der Waals surface area (Å²) in [6.07, 6.45) is -3.08. The van der Waals surface area contributed by atoms with Crippen LogP contribution in [-0.4, -0.2) is 18.2 Å². The first-order chi connectivity index (χ1) is 12.6. The van der Waals surface area contributed by atoms with Crippen molar-refractivity contribution >= 4 is 15.7 Å². The molecule has 142 valence electrons. The number of anilines is 1. The molecule has 27 heavy (non-hydrogen) atoms. The Morgan fingerprint density at radius 1 is 1.04 bits per heavy atom. The number of aryl methyl sites for hydroxylation is 1. The van der Waals surface area contributed by atoms with E-state index in [0.29, 0.717) is 12.2 Å². The Morgan fingerprint density at radius 3 is 2.26 bits per heavy atom. The van der Waals surface area contributed by atoms with Crippen LogP contribution in [0.2, 0.25) is 0 Å². The highest BCUT2D eigenvalue weighted by atomic mass is 32.2. The monoisotopic (exact) mass is 395 g/mol. The minimum absolute atomic E-state index is 0.0293. The van der Waals surface area contributed by atoms with Crippen molar-refractivity contribution < 1.29 is 21.6 Å². The number of hydrogen-bond acceptors (Lipinski definition) is 3. The number of nitrogens with zero attached hydrogens (tertiary/aromatic N) is 2. The van der Waals surface area contributed by atoms with Crippen LogP contribution in [0.4, 0.5) is 18.9 Å². The third-order valence-corrected chi connectivity index (χ3v) is 5.33. The van der Waals surface area contributed by atoms with Gasteiger partial charge in [0.1, 0.15) is 4.90 Å². The highest BCUT2D eigenvalue weighted by Crippen LogP contribution is 2.30. The van der Waals surface area contributed by atoms with E-state index in [1.165, 1.54) is 10.9 Å². The maximum Gasteiger partial charge on any atom is 0.416 e. The van der Waals surface area contributed by atoms with Gasteiger partial charge in [0.05, 0.1) is 17.8 Å². The maximum absolute atomic E-state index is 12.6. The number of benzene rings is 2. The molecule has 0 aliphatic carbocycles. The molecule has 0 unspecified atom stereocenters. The molecule has 9 heteroatoms. The quantitative estimate of drug-likeness (QED) is 0.709. The molecule has 1 aromatic heterocycles. The largest absolute Gasteiger partial charge is 0.416 e. The summed E-state index contributed by atoms with van der Waals surface area (Å²) in [5, 5.41) is 4.21. The van der Waals surface area contributed by atoms with Gasteiger partial charge < -0.3 is 0 Å². The van der Waals surface area contributed by atoms with E-state index in [9.17, 15) is 21.6 Å². The maximum atomic E-state index is 12.6. The van der Waals surface area contributed by atoms with E-state index in [4.69, 9.17) is 0 Å². The highest BCUT2D eigenvalue weighted by molar-refractivity contribution is 7.92. The predicted octanol–water partition coefficient (Wildman–Crippen LogP) is 4.06. The van der Waals surface area contributed by atoms with Crippen LogP contribution in [0.5, 0.6) is 0 Å². The molecule has 5 nitrogen and oxygen atoms in total. The van der Waals surface area contributed by atoms with E-state index in [0.717, 1.165) is 29.8 Å². The Balaban J connectivity index is 1.81. The third kappa shape index (κ3) is 4.48. The van der Waals surface area contributed by atoms with E-state index in [-0.39, 0.29) is 10.6 Å². The summed E-state index contributed by atoms with van der Waals surface area (Å²) in [7, 11) is -3.98. The molecular weight excluding hydrogens is 379 g/mol. The Kier molecular flexibility index (Phi) is 4.97. The van der Waals surface area contributed by atoms with Crippen molar-refractivity contribution in [1.82, 2.24) is 9.78 Å². The van der Waals surface area contributed by atoms with Crippen molar-refractivity contribution in [3.63, 3.8) is 0 Å². The van der Waals surface area contributed by atoms with Crippen LogP contribution in [0.3, 0.4) is 0 Å². The van der Waals surface area contributed by atoms with Gasteiger partial charge in [-0.05, 0) is 36.8 Å². The summed E-state index contributed by atoms with van der Waals surface area (Å²) in [5.74, 6) is 0. The number of halogens is 3. The predicted molar refractivity (Wildman–Crippen MR) is 94.8 cm³/mol. The van der Waals surface area contributed by atoms with Crippen LogP contribution in [0.25, 0.3) is 0 Å². The van der Waals surface area contributed by atoms with E-state index in [2.05, 4.69) is 9.82 Å². The Bertz CT molecular complexity index is 1030. The molecule has 1 heterocycles. The molecule has 0 spiro atoms. The Labute approximate surface area is 154 Å². The number of rotatable bonds is 5. The summed E-state index contributed by atoms with van der Waals surface area (Å²) in [6.45, 7) is 1.96. The summed E-state index contributed by atoms with van der Waals surface area (Å²) in [4.78, 5) is -0.0293. The van der Waals surface area contributed by atoms with E-state index in [1.54, 1.807) is 6.92 Å². The van der Waals surface area contributed by atoms with Crippen LogP contribution < -0.4 is 4.72 Å². The van der Waals surface area contributed by atoms with Gasteiger partial charge in [-0.15, -0.1) is 0 Å². The van der Waals surface area contributed by atoms with E-state index < -0.39 is 21.8 Å². The van der Waals surface area contributed by atoms with Crippen molar-refractivity contribution in [2.75, 3.05) is 4.72 Å². The van der Waals surface area contributed by atoms with Crippen LogP contribution in [0.1, 0.15) is 16.8 Å². The van der Waals surface area contributed by atoms with Crippen LogP contribution in [0, 0.1) is 6.92 Å². The molecule has 0 aliphatic heterocycles. The molecule has 3 aromatic rings. The van der Waals surface area contributed by atoms with Crippen molar-refractivity contribution in [2.24, 2.45) is 0 Å². The zero-order valence-electron chi connectivity index (χ0n) is 14.2. The first-order valence-corrected chi connectivity index (χ1v) is 9.41. The van der Waals surface area contributed by atoms with Crippen LogP contribution in [-0.2, 0) is 22.7 Å². The zero-order chi connectivity index (χ0) is 19.7. The first-order valence-electron chi connectivity index (χ1n) is 7.93. The second-order valence-electron chi connectivity index (χ2n) is 5.94. The Hall–Kier alpha value is -2.81. The van der Waals surface area contributed by atoms with Crippen molar-refractivity contribution in [3.05, 3.63) is 77.6 Å². The number of aromatic nitrogens is 2. The van der Waals surface area contributed by atoms with E-state index in [1.807, 2.05) is 30.3 Å². The highest BCUT2D eigenvalue weighted by Gasteiger charge is 2.30. The number of sulfonamides is 1. The minimum atomic E-state index is -4.48. The molecular formula is C18H16F3N3O2S. The molecule has 0 saturated heterocycles. The first kappa shape index (κ1) is 19.0. The van der Waals surface area contributed by atoms with Gasteiger partial charge in [-0.1, -0.05) is 30.3 Å². The van der Waals surface area contributed by atoms with Gasteiger partial charge in [0.25, 0.3) is 10.0 Å². The molecule has 0 radical (unpaired) electrons. The molecule has 2 aromatic carbocycles. The second-order valence-corrected chi connectivity index (χ2v) is 7.59. The smallest absolute Gasteiger partial charge is 0.280 e. The van der Waals surface area contributed by atoms with Crippen LogP contribution >= 0.6 is 0 Å². The SMILES string of the molecule is Cc1nn(Cc2ccccc2)cc1S(=O)(=O)Nc1ccc(C(F)(F)F)cc1. The summed E-state index contributed by atoms with van der Waals surface area (Å²) < 4.78 is 66.8. The van der Waals surface area contributed by atoms with Crippen LogP contribution in [0.15, 0.2) is 65.7 Å². The van der Waals surface area contributed by atoms with Gasteiger partial charge in [-0.2, -0.15) is 18.3 Å². The molecule has 0 aliphatic rings. The number of hydrogen-bond donors (Lipinski definition) is 1. The lowest BCUT2D eigenvalue weighted by atomic mass is 10.2. The Morgan fingerprint density at radius 2 is 1.67 bits per heavy atom. The number of alkyl halides is 3. The lowest BCUT2D eigenvalue weighted by molar-refractivity contribution is -0.137. The fourth-order valence-corrected chi connectivity index (χ4v) is 3.80. The number of nitrogens with one attached hydrogen (secondary N) is 1. The molecule has 3 rings (SSSR count). The molecule has 0 fully saturated rings. The topological polar surface area (TPSA) is 64.0 Å². The second kappa shape index (κ2) is 7.07. The summed E-state index contributed by atoms with van der Waals surface area (Å²) in [6, 6.07) is 13.2. The molecule has 0 amide bonds. The molecule has 0 saturated carbocycles. The third-order valence-electron chi connectivity index (χ3n) is 3.84. The summed E-state index contributed by atoms with van der Waals surface area (Å²) >= 11 is 0. The fraction of sp³-hybridized carbons (Fsp3) is 0.167. The van der Waals surface area contributed by atoms with Gasteiger partial charge in [0.2, 0.25) is 0 Å².